The number of halogens is 2. The van der Waals surface area contributed by atoms with Crippen molar-refractivity contribution >= 4 is 0 Å². The first-order valence-electron chi connectivity index (χ1n) is 5.26. The van der Waals surface area contributed by atoms with E-state index in [1.165, 1.54) is 6.07 Å². The molecule has 0 aliphatic heterocycles. The van der Waals surface area contributed by atoms with E-state index >= 15 is 0 Å². The summed E-state index contributed by atoms with van der Waals surface area (Å²) >= 11 is 0. The van der Waals surface area contributed by atoms with Gasteiger partial charge in [-0.25, -0.2) is 8.78 Å². The van der Waals surface area contributed by atoms with Crippen LogP contribution < -0.4 is 5.32 Å². The number of benzene rings is 1. The molecule has 1 aromatic carbocycles. The van der Waals surface area contributed by atoms with E-state index in [2.05, 4.69) is 11.2 Å². The van der Waals surface area contributed by atoms with Crippen molar-refractivity contribution in [3.8, 4) is 12.3 Å². The summed E-state index contributed by atoms with van der Waals surface area (Å²) in [5.74, 6) is 0.915. The zero-order valence-electron chi connectivity index (χ0n) is 9.43. The molecule has 0 aliphatic carbocycles. The van der Waals surface area contributed by atoms with Gasteiger partial charge in [0.15, 0.2) is 11.6 Å². The zero-order valence-corrected chi connectivity index (χ0v) is 9.43. The molecule has 16 heavy (non-hydrogen) atoms. The van der Waals surface area contributed by atoms with Crippen LogP contribution in [0.4, 0.5) is 8.78 Å². The highest BCUT2D eigenvalue weighted by atomic mass is 19.2. The number of nitrogens with one attached hydrogen (secondary N) is 1. The lowest BCUT2D eigenvalue weighted by Crippen LogP contribution is -2.30. The lowest BCUT2D eigenvalue weighted by Gasteiger charge is -2.19. The maximum absolute atomic E-state index is 13.4. The molecule has 0 radical (unpaired) electrons. The summed E-state index contributed by atoms with van der Waals surface area (Å²) in [4.78, 5) is 0. The quantitative estimate of drug-likeness (QED) is 0.774. The van der Waals surface area contributed by atoms with E-state index in [-0.39, 0.29) is 12.1 Å². The van der Waals surface area contributed by atoms with Gasteiger partial charge in [0.25, 0.3) is 0 Å². The van der Waals surface area contributed by atoms with Crippen LogP contribution in [0.3, 0.4) is 0 Å². The summed E-state index contributed by atoms with van der Waals surface area (Å²) in [6.45, 7) is 3.70. The van der Waals surface area contributed by atoms with Crippen LogP contribution in [-0.4, -0.2) is 6.04 Å². The third kappa shape index (κ3) is 2.80. The summed E-state index contributed by atoms with van der Waals surface area (Å²) < 4.78 is 26.4. The molecule has 2 unspecified atom stereocenters. The average molecular weight is 223 g/mol. The van der Waals surface area contributed by atoms with Crippen LogP contribution in [0.1, 0.15) is 31.9 Å². The maximum atomic E-state index is 13.4. The van der Waals surface area contributed by atoms with Crippen molar-refractivity contribution in [1.29, 1.82) is 0 Å². The highest BCUT2D eigenvalue weighted by Gasteiger charge is 2.15. The van der Waals surface area contributed by atoms with E-state index in [0.29, 0.717) is 5.56 Å². The molecular weight excluding hydrogens is 208 g/mol. The van der Waals surface area contributed by atoms with E-state index in [1.807, 2.05) is 6.92 Å². The van der Waals surface area contributed by atoms with Gasteiger partial charge in [0.1, 0.15) is 0 Å². The number of terminal acetylenes is 1. The highest BCUT2D eigenvalue weighted by molar-refractivity contribution is 5.22. The molecule has 0 spiro atoms. The van der Waals surface area contributed by atoms with Crippen molar-refractivity contribution in [2.45, 2.75) is 32.4 Å². The monoisotopic (exact) mass is 223 g/mol. The average Bonchev–Trinajstić information content (AvgIpc) is 2.29. The molecule has 0 aromatic heterocycles. The summed E-state index contributed by atoms with van der Waals surface area (Å²) in [5, 5.41) is 3.06. The van der Waals surface area contributed by atoms with Gasteiger partial charge in [-0.2, -0.15) is 0 Å². The van der Waals surface area contributed by atoms with Gasteiger partial charge in [-0.1, -0.05) is 25.0 Å². The van der Waals surface area contributed by atoms with Crippen molar-refractivity contribution in [2.24, 2.45) is 0 Å². The predicted molar refractivity (Wildman–Crippen MR) is 60.8 cm³/mol. The van der Waals surface area contributed by atoms with Crippen molar-refractivity contribution in [3.05, 3.63) is 35.4 Å². The summed E-state index contributed by atoms with van der Waals surface area (Å²) in [5.41, 5.74) is 0.300. The Morgan fingerprint density at radius 2 is 2.12 bits per heavy atom. The molecule has 1 rings (SSSR count). The van der Waals surface area contributed by atoms with Gasteiger partial charge < -0.3 is 0 Å². The molecule has 1 aromatic rings. The Balaban J connectivity index is 2.85. The van der Waals surface area contributed by atoms with Gasteiger partial charge >= 0.3 is 0 Å². The van der Waals surface area contributed by atoms with Gasteiger partial charge in [-0.3, -0.25) is 5.32 Å². The van der Waals surface area contributed by atoms with Crippen LogP contribution in [0.2, 0.25) is 0 Å². The molecular formula is C13H15F2N. The van der Waals surface area contributed by atoms with Crippen LogP contribution in [0.15, 0.2) is 18.2 Å². The Labute approximate surface area is 94.9 Å². The molecule has 0 amide bonds. The number of hydrogen-bond donors (Lipinski definition) is 1. The Kier molecular flexibility index (Phi) is 4.45. The minimum Gasteiger partial charge on any atom is -0.297 e. The predicted octanol–water partition coefficient (Wildman–Crippen LogP) is 3.03. The van der Waals surface area contributed by atoms with Gasteiger partial charge in [-0.05, 0) is 19.4 Å². The zero-order chi connectivity index (χ0) is 12.1. The first-order chi connectivity index (χ1) is 7.60. The molecule has 0 fully saturated rings. The third-order valence-corrected chi connectivity index (χ3v) is 2.51. The first-order valence-corrected chi connectivity index (χ1v) is 5.26. The minimum absolute atomic E-state index is 0.127. The topological polar surface area (TPSA) is 12.0 Å². The van der Waals surface area contributed by atoms with Crippen molar-refractivity contribution in [1.82, 2.24) is 5.32 Å². The molecule has 86 valence electrons. The van der Waals surface area contributed by atoms with E-state index in [1.54, 1.807) is 13.0 Å². The van der Waals surface area contributed by atoms with E-state index < -0.39 is 11.6 Å². The van der Waals surface area contributed by atoms with Gasteiger partial charge in [0, 0.05) is 11.6 Å². The van der Waals surface area contributed by atoms with Crippen LogP contribution in [0.25, 0.3) is 0 Å². The highest BCUT2D eigenvalue weighted by Crippen LogP contribution is 2.19. The fourth-order valence-corrected chi connectivity index (χ4v) is 1.53. The number of hydrogen-bond acceptors (Lipinski definition) is 1. The number of rotatable bonds is 4. The van der Waals surface area contributed by atoms with Gasteiger partial charge in [0.2, 0.25) is 0 Å². The minimum atomic E-state index is -0.833. The standard InChI is InChI=1S/C13H15F2N/c1-4-10(5-2)16-9(3)11-7-6-8-12(14)13(11)15/h1,6-10,16H,5H2,2-3H3. The second-order valence-electron chi connectivity index (χ2n) is 3.66. The van der Waals surface area contributed by atoms with Gasteiger partial charge in [0.05, 0.1) is 6.04 Å². The van der Waals surface area contributed by atoms with Gasteiger partial charge in [-0.15, -0.1) is 6.42 Å². The first kappa shape index (κ1) is 12.7. The van der Waals surface area contributed by atoms with E-state index in [0.717, 1.165) is 12.5 Å². The molecule has 0 heterocycles. The van der Waals surface area contributed by atoms with Crippen molar-refractivity contribution in [3.63, 3.8) is 0 Å². The van der Waals surface area contributed by atoms with Crippen LogP contribution in [0.5, 0.6) is 0 Å². The molecule has 0 bridgehead atoms. The van der Waals surface area contributed by atoms with Crippen LogP contribution in [0, 0.1) is 24.0 Å². The SMILES string of the molecule is C#CC(CC)NC(C)c1cccc(F)c1F. The van der Waals surface area contributed by atoms with Crippen LogP contribution in [-0.2, 0) is 0 Å². The Bertz CT molecular complexity index is 395. The summed E-state index contributed by atoms with van der Waals surface area (Å²) in [7, 11) is 0. The fourth-order valence-electron chi connectivity index (χ4n) is 1.53. The normalized spacial score (nSPS) is 14.2. The van der Waals surface area contributed by atoms with Crippen molar-refractivity contribution in [2.75, 3.05) is 0 Å². The molecule has 1 N–H and O–H groups in total. The smallest absolute Gasteiger partial charge is 0.163 e. The molecule has 0 saturated heterocycles. The van der Waals surface area contributed by atoms with Crippen molar-refractivity contribution < 1.29 is 8.78 Å². The Morgan fingerprint density at radius 3 is 2.69 bits per heavy atom. The lowest BCUT2D eigenvalue weighted by atomic mass is 10.1. The Morgan fingerprint density at radius 1 is 1.44 bits per heavy atom. The molecule has 0 aliphatic rings. The second-order valence-corrected chi connectivity index (χ2v) is 3.66. The molecule has 0 saturated carbocycles. The van der Waals surface area contributed by atoms with E-state index in [4.69, 9.17) is 6.42 Å². The fraction of sp³-hybridized carbons (Fsp3) is 0.385. The largest absolute Gasteiger partial charge is 0.297 e. The molecule has 2 atom stereocenters. The second kappa shape index (κ2) is 5.62. The summed E-state index contributed by atoms with van der Waals surface area (Å²) in [6, 6.07) is 3.71. The van der Waals surface area contributed by atoms with Crippen LogP contribution >= 0.6 is 0 Å². The van der Waals surface area contributed by atoms with E-state index in [9.17, 15) is 8.78 Å². The molecule has 3 heteroatoms. The summed E-state index contributed by atoms with van der Waals surface area (Å²) in [6.07, 6.45) is 6.05. The molecule has 1 nitrogen and oxygen atoms in total. The maximum Gasteiger partial charge on any atom is 0.163 e. The lowest BCUT2D eigenvalue weighted by molar-refractivity contribution is 0.457. The Hall–Kier alpha value is -1.40. The third-order valence-electron chi connectivity index (χ3n) is 2.51.